The van der Waals surface area contributed by atoms with Crippen molar-refractivity contribution < 1.29 is 23.7 Å². The van der Waals surface area contributed by atoms with Gasteiger partial charge in [-0.15, -0.1) is 11.8 Å². The van der Waals surface area contributed by atoms with Gasteiger partial charge in [0, 0.05) is 39.6 Å². The van der Waals surface area contributed by atoms with Crippen LogP contribution in [0.2, 0.25) is 0 Å². The van der Waals surface area contributed by atoms with Crippen molar-refractivity contribution in [2.24, 2.45) is 0 Å². The van der Waals surface area contributed by atoms with Crippen LogP contribution in [0.3, 0.4) is 0 Å². The second-order valence-corrected chi connectivity index (χ2v) is 10.9. The minimum Gasteiger partial charge on any atom is -0.434 e. The van der Waals surface area contributed by atoms with Crippen LogP contribution in [0.15, 0.2) is 53.7 Å². The highest BCUT2D eigenvalue weighted by Gasteiger charge is 2.44. The largest absolute Gasteiger partial charge is 0.434 e. The number of aromatic nitrogens is 4. The van der Waals surface area contributed by atoms with E-state index in [0.29, 0.717) is 17.8 Å². The molecule has 6 rings (SSSR count). The first-order valence-electron chi connectivity index (χ1n) is 11.7. The maximum absolute atomic E-state index is 13.3. The molecule has 2 aliphatic heterocycles. The first kappa shape index (κ1) is 23.3. The number of ether oxygens (including phenoxy) is 1. The van der Waals surface area contributed by atoms with Gasteiger partial charge in [0.1, 0.15) is 17.2 Å². The molecule has 4 aromatic rings. The zero-order valence-corrected chi connectivity index (χ0v) is 20.4. The van der Waals surface area contributed by atoms with Crippen LogP contribution in [0, 0.1) is 0 Å². The lowest BCUT2D eigenvalue weighted by Gasteiger charge is -2.23. The monoisotopic (exact) mass is 510 g/mol. The van der Waals surface area contributed by atoms with Gasteiger partial charge >= 0.3 is 6.61 Å². The lowest BCUT2D eigenvalue weighted by atomic mass is 9.95. The third-order valence-corrected chi connectivity index (χ3v) is 8.24. The maximum Gasteiger partial charge on any atom is 0.387 e. The van der Waals surface area contributed by atoms with Crippen LogP contribution in [0.25, 0.3) is 22.2 Å². The summed E-state index contributed by atoms with van der Waals surface area (Å²) in [4.78, 5) is 14.4. The quantitative estimate of drug-likeness (QED) is 0.396. The van der Waals surface area contributed by atoms with E-state index in [1.807, 2.05) is 24.3 Å². The molecule has 0 fully saturated rings. The number of alkyl halides is 2. The van der Waals surface area contributed by atoms with Crippen molar-refractivity contribution in [3.05, 3.63) is 66.0 Å². The SMILES string of the molecule is CC(C)(O)c1ncc(-c2ccc3nc4n(c3c2)[C@H]2C[C@H]4[C@H](CO)Sc3cccc(OC(F)F)c32)cn1. The standard InChI is InChI=1S/C26H24F2N4O3S/c1-26(2,34)24-29-10-14(11-30-24)13-6-7-16-17(8-13)32-18-9-15(23(32)31-16)21(12-33)36-20-5-3-4-19(22(18)20)35-25(27)28/h3-8,10-11,15,18,21,25,33-34H,9,12H2,1-2H3/t15-,18-,21-/m0/s1. The first-order valence-corrected chi connectivity index (χ1v) is 12.5. The highest BCUT2D eigenvalue weighted by molar-refractivity contribution is 8.00. The normalized spacial score (nSPS) is 20.9. The van der Waals surface area contributed by atoms with Gasteiger partial charge in [0.2, 0.25) is 0 Å². The Labute approximate surface area is 210 Å². The molecule has 2 aliphatic rings. The Morgan fingerprint density at radius 3 is 2.64 bits per heavy atom. The molecule has 0 saturated carbocycles. The fourth-order valence-corrected chi connectivity index (χ4v) is 6.57. The Morgan fingerprint density at radius 1 is 1.17 bits per heavy atom. The molecule has 36 heavy (non-hydrogen) atoms. The van der Waals surface area contributed by atoms with Gasteiger partial charge in [-0.2, -0.15) is 8.78 Å². The third kappa shape index (κ3) is 3.75. The molecule has 0 aliphatic carbocycles. The van der Waals surface area contributed by atoms with Crippen molar-refractivity contribution in [2.75, 3.05) is 6.61 Å². The van der Waals surface area contributed by atoms with Crippen molar-refractivity contribution in [3.63, 3.8) is 0 Å². The number of thioether (sulfide) groups is 1. The lowest BCUT2D eigenvalue weighted by molar-refractivity contribution is -0.0508. The molecular formula is C26H24F2N4O3S. The van der Waals surface area contributed by atoms with Crippen LogP contribution in [0.4, 0.5) is 8.78 Å². The number of nitrogens with zero attached hydrogens (tertiary/aromatic N) is 4. The summed E-state index contributed by atoms with van der Waals surface area (Å²) in [5, 5.41) is 20.2. The Morgan fingerprint density at radius 2 is 1.94 bits per heavy atom. The van der Waals surface area contributed by atoms with Gasteiger partial charge in [-0.25, -0.2) is 15.0 Å². The van der Waals surface area contributed by atoms with E-state index in [9.17, 15) is 19.0 Å². The predicted molar refractivity (Wildman–Crippen MR) is 131 cm³/mol. The number of fused-ring (bicyclic) bond motifs is 9. The molecule has 2 N–H and O–H groups in total. The smallest absolute Gasteiger partial charge is 0.387 e. The molecule has 0 amide bonds. The minimum absolute atomic E-state index is 0.0398. The van der Waals surface area contributed by atoms with Crippen LogP contribution < -0.4 is 4.74 Å². The molecule has 3 atom stereocenters. The number of imidazole rings is 1. The highest BCUT2D eigenvalue weighted by atomic mass is 32.2. The van der Waals surface area contributed by atoms with E-state index in [0.717, 1.165) is 32.9 Å². The molecule has 0 saturated heterocycles. The molecule has 0 spiro atoms. The zero-order chi connectivity index (χ0) is 25.2. The van der Waals surface area contributed by atoms with Crippen LogP contribution in [0.1, 0.15) is 49.4 Å². The van der Waals surface area contributed by atoms with Gasteiger partial charge < -0.3 is 19.5 Å². The van der Waals surface area contributed by atoms with Gasteiger partial charge in [0.15, 0.2) is 5.82 Å². The van der Waals surface area contributed by atoms with E-state index in [1.54, 1.807) is 38.4 Å². The molecule has 2 bridgehead atoms. The van der Waals surface area contributed by atoms with Crippen molar-refractivity contribution in [3.8, 4) is 16.9 Å². The van der Waals surface area contributed by atoms with E-state index in [4.69, 9.17) is 9.72 Å². The fraction of sp³-hybridized carbons (Fsp3) is 0.346. The average Bonchev–Trinajstić information content (AvgIpc) is 3.33. The lowest BCUT2D eigenvalue weighted by Crippen LogP contribution is -2.19. The summed E-state index contributed by atoms with van der Waals surface area (Å²) in [7, 11) is 0. The van der Waals surface area contributed by atoms with Crippen LogP contribution in [0.5, 0.6) is 5.75 Å². The van der Waals surface area contributed by atoms with Crippen molar-refractivity contribution in [2.45, 2.75) is 54.6 Å². The third-order valence-electron chi connectivity index (χ3n) is 6.85. The molecule has 0 unspecified atom stereocenters. The fourth-order valence-electron chi connectivity index (χ4n) is 5.25. The van der Waals surface area contributed by atoms with E-state index < -0.39 is 12.2 Å². The van der Waals surface area contributed by atoms with E-state index in [2.05, 4.69) is 14.5 Å². The first-order chi connectivity index (χ1) is 17.2. The number of rotatable bonds is 5. The summed E-state index contributed by atoms with van der Waals surface area (Å²) in [6.45, 7) is 0.270. The Balaban J connectivity index is 1.51. The summed E-state index contributed by atoms with van der Waals surface area (Å²) in [5.74, 6) is 1.28. The molecule has 0 radical (unpaired) electrons. The van der Waals surface area contributed by atoms with E-state index in [-0.39, 0.29) is 29.6 Å². The van der Waals surface area contributed by atoms with Crippen molar-refractivity contribution in [1.29, 1.82) is 0 Å². The van der Waals surface area contributed by atoms with E-state index in [1.165, 1.54) is 11.8 Å². The number of hydrogen-bond acceptors (Lipinski definition) is 7. The summed E-state index contributed by atoms with van der Waals surface area (Å²) in [6.07, 6.45) is 3.99. The molecule has 2 aromatic carbocycles. The van der Waals surface area contributed by atoms with Crippen molar-refractivity contribution >= 4 is 22.8 Å². The number of halogens is 2. The van der Waals surface area contributed by atoms with Crippen LogP contribution >= 0.6 is 11.8 Å². The summed E-state index contributed by atoms with van der Waals surface area (Å²) >= 11 is 1.49. The van der Waals surface area contributed by atoms with Gasteiger partial charge in [-0.05, 0) is 50.1 Å². The number of aliphatic hydroxyl groups is 2. The molecule has 10 heteroatoms. The van der Waals surface area contributed by atoms with Crippen LogP contribution in [-0.2, 0) is 5.60 Å². The topological polar surface area (TPSA) is 93.3 Å². The maximum atomic E-state index is 13.3. The summed E-state index contributed by atoms with van der Waals surface area (Å²) in [5.41, 5.74) is 2.86. The minimum atomic E-state index is -2.94. The average molecular weight is 511 g/mol. The second kappa shape index (κ2) is 8.50. The number of hydrogen-bond donors (Lipinski definition) is 2. The zero-order valence-electron chi connectivity index (χ0n) is 19.6. The molecule has 7 nitrogen and oxygen atoms in total. The molecule has 186 valence electrons. The summed E-state index contributed by atoms with van der Waals surface area (Å²) in [6, 6.07) is 10.8. The Hall–Kier alpha value is -3.08. The van der Waals surface area contributed by atoms with E-state index >= 15 is 0 Å². The molecular weight excluding hydrogens is 486 g/mol. The molecule has 4 heterocycles. The van der Waals surface area contributed by atoms with Gasteiger partial charge in [-0.1, -0.05) is 12.1 Å². The van der Waals surface area contributed by atoms with Gasteiger partial charge in [-0.3, -0.25) is 0 Å². The Kier molecular flexibility index (Phi) is 5.51. The van der Waals surface area contributed by atoms with Crippen molar-refractivity contribution in [1.82, 2.24) is 19.5 Å². The number of aliphatic hydroxyl groups excluding tert-OH is 1. The predicted octanol–water partition coefficient (Wildman–Crippen LogP) is 4.87. The van der Waals surface area contributed by atoms with Gasteiger partial charge in [0.05, 0.1) is 23.7 Å². The van der Waals surface area contributed by atoms with Crippen LogP contribution in [-0.4, -0.2) is 48.2 Å². The Bertz CT molecular complexity index is 1450. The van der Waals surface area contributed by atoms with Gasteiger partial charge in [0.25, 0.3) is 0 Å². The highest BCUT2D eigenvalue weighted by Crippen LogP contribution is 2.55. The molecule has 2 aromatic heterocycles. The second-order valence-electron chi connectivity index (χ2n) is 9.64. The number of benzene rings is 2. The summed E-state index contributed by atoms with van der Waals surface area (Å²) < 4.78 is 33.6.